The second-order valence-corrected chi connectivity index (χ2v) is 6.58. The minimum absolute atomic E-state index is 0.0803. The van der Waals surface area contributed by atoms with Crippen molar-refractivity contribution in [1.29, 1.82) is 0 Å². The largest absolute Gasteiger partial charge is 0.347 e. The Kier molecular flexibility index (Phi) is 3.39. The molecular formula is C14H20N2OS. The number of hydrogen-bond acceptors (Lipinski definition) is 3. The van der Waals surface area contributed by atoms with E-state index in [4.69, 9.17) is 5.73 Å². The molecule has 3 nitrogen and oxygen atoms in total. The molecule has 18 heavy (non-hydrogen) atoms. The Morgan fingerprint density at radius 1 is 1.28 bits per heavy atom. The molecule has 1 aromatic rings. The number of aryl methyl sites for hydroxylation is 2. The van der Waals surface area contributed by atoms with Crippen LogP contribution >= 0.6 is 11.3 Å². The summed E-state index contributed by atoms with van der Waals surface area (Å²) in [5, 5.41) is 3.12. The number of nitrogens with one attached hydrogen (secondary N) is 1. The van der Waals surface area contributed by atoms with E-state index in [0.717, 1.165) is 30.6 Å². The standard InChI is InChI=1S/C14H20N2OS/c15-10-5-1-2-6-11(10)16-14(17)13-8-9-4-3-7-12(9)18-13/h8,10-11H,1-7,15H2,(H,16,17). The smallest absolute Gasteiger partial charge is 0.261 e. The third-order valence-corrected chi connectivity index (χ3v) is 5.34. The van der Waals surface area contributed by atoms with Gasteiger partial charge in [0.1, 0.15) is 0 Å². The average Bonchev–Trinajstić information content (AvgIpc) is 2.92. The SMILES string of the molecule is NC1CCCCC1NC(=O)c1cc2c(s1)CCC2. The number of thiophene rings is 1. The average molecular weight is 264 g/mol. The van der Waals surface area contributed by atoms with Gasteiger partial charge in [0, 0.05) is 17.0 Å². The highest BCUT2D eigenvalue weighted by Crippen LogP contribution is 2.30. The molecule has 2 unspecified atom stereocenters. The van der Waals surface area contributed by atoms with Crippen LogP contribution in [0.3, 0.4) is 0 Å². The quantitative estimate of drug-likeness (QED) is 0.860. The zero-order chi connectivity index (χ0) is 12.5. The Hall–Kier alpha value is -0.870. The fourth-order valence-corrected chi connectivity index (χ4v) is 4.18. The van der Waals surface area contributed by atoms with Crippen LogP contribution in [-0.2, 0) is 12.8 Å². The summed E-state index contributed by atoms with van der Waals surface area (Å²) in [6.07, 6.45) is 7.97. The zero-order valence-corrected chi connectivity index (χ0v) is 11.4. The van der Waals surface area contributed by atoms with E-state index in [1.54, 1.807) is 11.3 Å². The number of hydrogen-bond donors (Lipinski definition) is 2. The monoisotopic (exact) mass is 264 g/mol. The van der Waals surface area contributed by atoms with Gasteiger partial charge in [-0.2, -0.15) is 0 Å². The molecule has 0 saturated heterocycles. The molecule has 2 aliphatic rings. The molecule has 2 aliphatic carbocycles. The Bertz CT molecular complexity index is 433. The van der Waals surface area contributed by atoms with Gasteiger partial charge in [-0.15, -0.1) is 11.3 Å². The first-order valence-electron chi connectivity index (χ1n) is 6.92. The van der Waals surface area contributed by atoms with Gasteiger partial charge in [-0.3, -0.25) is 4.79 Å². The lowest BCUT2D eigenvalue weighted by atomic mass is 9.91. The molecular weight excluding hydrogens is 244 g/mol. The highest BCUT2D eigenvalue weighted by molar-refractivity contribution is 7.14. The fourth-order valence-electron chi connectivity index (χ4n) is 3.02. The van der Waals surface area contributed by atoms with Gasteiger partial charge in [0.2, 0.25) is 0 Å². The van der Waals surface area contributed by atoms with Crippen LogP contribution in [0.1, 0.15) is 52.2 Å². The number of rotatable bonds is 2. The predicted octanol–water partition coefficient (Wildman–Crippen LogP) is 2.24. The molecule has 3 rings (SSSR count). The number of carbonyl (C=O) groups excluding carboxylic acids is 1. The molecule has 0 aromatic carbocycles. The van der Waals surface area contributed by atoms with Gasteiger partial charge >= 0.3 is 0 Å². The van der Waals surface area contributed by atoms with Gasteiger partial charge in [0.05, 0.1) is 4.88 Å². The highest BCUT2D eigenvalue weighted by Gasteiger charge is 2.25. The molecule has 1 aromatic heterocycles. The van der Waals surface area contributed by atoms with Crippen molar-refractivity contribution >= 4 is 17.2 Å². The van der Waals surface area contributed by atoms with E-state index in [2.05, 4.69) is 11.4 Å². The van der Waals surface area contributed by atoms with Crippen molar-refractivity contribution in [1.82, 2.24) is 5.32 Å². The third kappa shape index (κ3) is 2.31. The Morgan fingerprint density at radius 3 is 2.89 bits per heavy atom. The molecule has 2 atom stereocenters. The Balaban J connectivity index is 1.66. The van der Waals surface area contributed by atoms with E-state index >= 15 is 0 Å². The fraction of sp³-hybridized carbons (Fsp3) is 0.643. The molecule has 1 amide bonds. The van der Waals surface area contributed by atoms with Crippen LogP contribution in [-0.4, -0.2) is 18.0 Å². The van der Waals surface area contributed by atoms with E-state index in [0.29, 0.717) is 0 Å². The van der Waals surface area contributed by atoms with Gasteiger partial charge in [-0.1, -0.05) is 12.8 Å². The zero-order valence-electron chi connectivity index (χ0n) is 10.6. The van der Waals surface area contributed by atoms with Crippen LogP contribution in [0.15, 0.2) is 6.07 Å². The van der Waals surface area contributed by atoms with E-state index in [1.807, 2.05) is 0 Å². The topological polar surface area (TPSA) is 55.1 Å². The Morgan fingerprint density at radius 2 is 2.11 bits per heavy atom. The second kappa shape index (κ2) is 5.02. The van der Waals surface area contributed by atoms with E-state index < -0.39 is 0 Å². The molecule has 0 bridgehead atoms. The van der Waals surface area contributed by atoms with Gasteiger partial charge in [-0.05, 0) is 43.7 Å². The van der Waals surface area contributed by atoms with Crippen LogP contribution < -0.4 is 11.1 Å². The first-order chi connectivity index (χ1) is 8.74. The first kappa shape index (κ1) is 12.2. The lowest BCUT2D eigenvalue weighted by Crippen LogP contribution is -2.49. The van der Waals surface area contributed by atoms with Crippen molar-refractivity contribution in [2.24, 2.45) is 5.73 Å². The number of fused-ring (bicyclic) bond motifs is 1. The minimum Gasteiger partial charge on any atom is -0.347 e. The maximum absolute atomic E-state index is 12.2. The summed E-state index contributed by atoms with van der Waals surface area (Å²) in [4.78, 5) is 14.5. The van der Waals surface area contributed by atoms with E-state index in [9.17, 15) is 4.79 Å². The van der Waals surface area contributed by atoms with Crippen molar-refractivity contribution in [3.05, 3.63) is 21.4 Å². The number of nitrogens with two attached hydrogens (primary N) is 1. The second-order valence-electron chi connectivity index (χ2n) is 5.44. The number of carbonyl (C=O) groups is 1. The highest BCUT2D eigenvalue weighted by atomic mass is 32.1. The molecule has 1 heterocycles. The minimum atomic E-state index is 0.0803. The first-order valence-corrected chi connectivity index (χ1v) is 7.74. The Labute approximate surface area is 112 Å². The summed E-state index contributed by atoms with van der Waals surface area (Å²) in [7, 11) is 0. The van der Waals surface area contributed by atoms with Gasteiger partial charge < -0.3 is 11.1 Å². The maximum Gasteiger partial charge on any atom is 0.261 e. The summed E-state index contributed by atoms with van der Waals surface area (Å²) < 4.78 is 0. The van der Waals surface area contributed by atoms with Crippen molar-refractivity contribution in [3.8, 4) is 0 Å². The van der Waals surface area contributed by atoms with Crippen molar-refractivity contribution < 1.29 is 4.79 Å². The molecule has 0 radical (unpaired) electrons. The van der Waals surface area contributed by atoms with Crippen LogP contribution in [0.25, 0.3) is 0 Å². The molecule has 98 valence electrons. The lowest BCUT2D eigenvalue weighted by Gasteiger charge is -2.29. The van der Waals surface area contributed by atoms with Gasteiger partial charge in [0.25, 0.3) is 5.91 Å². The van der Waals surface area contributed by atoms with Crippen molar-refractivity contribution in [3.63, 3.8) is 0 Å². The van der Waals surface area contributed by atoms with Crippen LogP contribution in [0.5, 0.6) is 0 Å². The summed E-state index contributed by atoms with van der Waals surface area (Å²) in [6.45, 7) is 0. The van der Waals surface area contributed by atoms with E-state index in [1.165, 1.54) is 29.7 Å². The van der Waals surface area contributed by atoms with E-state index in [-0.39, 0.29) is 18.0 Å². The molecule has 0 aliphatic heterocycles. The van der Waals surface area contributed by atoms with Crippen molar-refractivity contribution in [2.75, 3.05) is 0 Å². The molecule has 1 fully saturated rings. The van der Waals surface area contributed by atoms with Crippen molar-refractivity contribution in [2.45, 2.75) is 57.0 Å². The summed E-state index contributed by atoms with van der Waals surface area (Å²) in [6, 6.07) is 2.38. The van der Waals surface area contributed by atoms with Crippen LogP contribution in [0.2, 0.25) is 0 Å². The predicted molar refractivity (Wildman–Crippen MR) is 74.0 cm³/mol. The third-order valence-electron chi connectivity index (χ3n) is 4.11. The normalized spacial score (nSPS) is 26.9. The van der Waals surface area contributed by atoms with Crippen LogP contribution in [0, 0.1) is 0 Å². The maximum atomic E-state index is 12.2. The molecule has 0 spiro atoms. The number of amides is 1. The summed E-state index contributed by atoms with van der Waals surface area (Å²) in [5.74, 6) is 0.0803. The summed E-state index contributed by atoms with van der Waals surface area (Å²) in [5.41, 5.74) is 7.45. The molecule has 3 N–H and O–H groups in total. The van der Waals surface area contributed by atoms with Gasteiger partial charge in [-0.25, -0.2) is 0 Å². The molecule has 1 saturated carbocycles. The van der Waals surface area contributed by atoms with Crippen LogP contribution in [0.4, 0.5) is 0 Å². The molecule has 4 heteroatoms. The lowest BCUT2D eigenvalue weighted by molar-refractivity contribution is 0.0925. The summed E-state index contributed by atoms with van der Waals surface area (Å²) >= 11 is 1.67. The van der Waals surface area contributed by atoms with Gasteiger partial charge in [0.15, 0.2) is 0 Å².